The van der Waals surface area contributed by atoms with Crippen molar-refractivity contribution in [3.63, 3.8) is 0 Å². The van der Waals surface area contributed by atoms with Gasteiger partial charge in [0.2, 0.25) is 6.10 Å². The van der Waals surface area contributed by atoms with Crippen molar-refractivity contribution < 1.29 is 19.4 Å². The molecule has 1 unspecified atom stereocenters. The molecule has 5 heteroatoms. The SMILES string of the molecule is O=C(O)C(O)c1ccc(-c2ccc(Br)cc2)o1. The van der Waals surface area contributed by atoms with Gasteiger partial charge in [0, 0.05) is 10.0 Å². The molecule has 17 heavy (non-hydrogen) atoms. The zero-order valence-corrected chi connectivity index (χ0v) is 10.2. The molecule has 0 spiro atoms. The van der Waals surface area contributed by atoms with Gasteiger partial charge in [0.25, 0.3) is 0 Å². The van der Waals surface area contributed by atoms with E-state index in [-0.39, 0.29) is 5.76 Å². The Morgan fingerprint density at radius 3 is 2.41 bits per heavy atom. The number of aliphatic hydroxyl groups excluding tert-OH is 1. The minimum atomic E-state index is -1.63. The van der Waals surface area contributed by atoms with Crippen molar-refractivity contribution in [1.82, 2.24) is 0 Å². The summed E-state index contributed by atoms with van der Waals surface area (Å²) in [5.41, 5.74) is 0.817. The molecule has 1 aromatic carbocycles. The van der Waals surface area contributed by atoms with E-state index in [1.54, 1.807) is 6.07 Å². The standard InChI is InChI=1S/C12H9BrO4/c13-8-3-1-7(2-4-8)9-5-6-10(17-9)11(14)12(15)16/h1-6,11,14H,(H,15,16). The third-order valence-corrected chi connectivity index (χ3v) is 2.79. The normalized spacial score (nSPS) is 12.4. The molecule has 0 amide bonds. The van der Waals surface area contributed by atoms with Gasteiger partial charge in [-0.15, -0.1) is 0 Å². The average Bonchev–Trinajstić information content (AvgIpc) is 2.78. The van der Waals surface area contributed by atoms with Gasteiger partial charge < -0.3 is 14.6 Å². The molecule has 0 aliphatic rings. The summed E-state index contributed by atoms with van der Waals surface area (Å²) in [6.07, 6.45) is -1.63. The van der Waals surface area contributed by atoms with Crippen LogP contribution in [0.4, 0.5) is 0 Å². The van der Waals surface area contributed by atoms with Gasteiger partial charge in [-0.05, 0) is 24.3 Å². The lowest BCUT2D eigenvalue weighted by Gasteiger charge is -2.01. The number of carbonyl (C=O) groups is 1. The van der Waals surface area contributed by atoms with E-state index in [9.17, 15) is 9.90 Å². The molecule has 0 saturated heterocycles. The van der Waals surface area contributed by atoms with Gasteiger partial charge in [0.1, 0.15) is 11.5 Å². The molecule has 0 radical (unpaired) electrons. The highest BCUT2D eigenvalue weighted by molar-refractivity contribution is 9.10. The van der Waals surface area contributed by atoms with Crippen LogP contribution in [0.25, 0.3) is 11.3 Å². The van der Waals surface area contributed by atoms with Crippen LogP contribution in [0.15, 0.2) is 45.3 Å². The molecule has 2 aromatic rings. The van der Waals surface area contributed by atoms with Crippen molar-refractivity contribution in [1.29, 1.82) is 0 Å². The zero-order valence-electron chi connectivity index (χ0n) is 8.63. The van der Waals surface area contributed by atoms with Gasteiger partial charge in [-0.1, -0.05) is 28.1 Å². The Bertz CT molecular complexity index is 530. The van der Waals surface area contributed by atoms with Gasteiger partial charge in [0.05, 0.1) is 0 Å². The Labute approximate surface area is 106 Å². The average molecular weight is 297 g/mol. The molecule has 0 saturated carbocycles. The largest absolute Gasteiger partial charge is 0.479 e. The topological polar surface area (TPSA) is 70.7 Å². The van der Waals surface area contributed by atoms with Crippen molar-refractivity contribution >= 4 is 21.9 Å². The number of aliphatic hydroxyl groups is 1. The maximum atomic E-state index is 10.6. The van der Waals surface area contributed by atoms with Crippen molar-refractivity contribution in [2.75, 3.05) is 0 Å². The first-order valence-electron chi connectivity index (χ1n) is 4.84. The summed E-state index contributed by atoms with van der Waals surface area (Å²) in [5, 5.41) is 17.9. The summed E-state index contributed by atoms with van der Waals surface area (Å²) in [6.45, 7) is 0. The Hall–Kier alpha value is -1.59. The quantitative estimate of drug-likeness (QED) is 0.914. The summed E-state index contributed by atoms with van der Waals surface area (Å²) in [4.78, 5) is 10.6. The number of halogens is 1. The summed E-state index contributed by atoms with van der Waals surface area (Å²) in [6, 6.07) is 10.5. The van der Waals surface area contributed by atoms with Gasteiger partial charge in [-0.2, -0.15) is 0 Å². The smallest absolute Gasteiger partial charge is 0.340 e. The van der Waals surface area contributed by atoms with E-state index in [0.717, 1.165) is 10.0 Å². The number of hydrogen-bond acceptors (Lipinski definition) is 3. The maximum absolute atomic E-state index is 10.6. The van der Waals surface area contributed by atoms with Crippen molar-refractivity contribution in [2.24, 2.45) is 0 Å². The molecule has 1 aromatic heterocycles. The van der Waals surface area contributed by atoms with Crippen LogP contribution in [-0.2, 0) is 4.79 Å². The van der Waals surface area contributed by atoms with Gasteiger partial charge in [-0.3, -0.25) is 0 Å². The van der Waals surface area contributed by atoms with Crippen LogP contribution < -0.4 is 0 Å². The molecule has 2 rings (SSSR count). The highest BCUT2D eigenvalue weighted by Crippen LogP contribution is 2.26. The number of carboxylic acid groups (broad SMARTS) is 1. The number of hydrogen-bond donors (Lipinski definition) is 2. The van der Waals surface area contributed by atoms with Crippen LogP contribution in [-0.4, -0.2) is 16.2 Å². The summed E-state index contributed by atoms with van der Waals surface area (Å²) < 4.78 is 6.23. The number of carboxylic acids is 1. The minimum absolute atomic E-state index is 0.0235. The Morgan fingerprint density at radius 2 is 1.82 bits per heavy atom. The maximum Gasteiger partial charge on any atom is 0.340 e. The van der Waals surface area contributed by atoms with E-state index in [1.807, 2.05) is 24.3 Å². The highest BCUT2D eigenvalue weighted by atomic mass is 79.9. The van der Waals surface area contributed by atoms with E-state index in [4.69, 9.17) is 9.52 Å². The fraction of sp³-hybridized carbons (Fsp3) is 0.0833. The molecule has 4 nitrogen and oxygen atoms in total. The van der Waals surface area contributed by atoms with E-state index in [1.165, 1.54) is 6.07 Å². The minimum Gasteiger partial charge on any atom is -0.479 e. The molecule has 0 bridgehead atoms. The highest BCUT2D eigenvalue weighted by Gasteiger charge is 2.20. The second kappa shape index (κ2) is 4.73. The summed E-state index contributed by atoms with van der Waals surface area (Å²) in [7, 11) is 0. The van der Waals surface area contributed by atoms with Crippen LogP contribution in [0.2, 0.25) is 0 Å². The Kier molecular flexibility index (Phi) is 3.31. The number of aliphatic carboxylic acids is 1. The molecule has 0 aliphatic carbocycles. The molecule has 1 atom stereocenters. The molecule has 0 fully saturated rings. The second-order valence-corrected chi connectivity index (χ2v) is 4.37. The summed E-state index contributed by atoms with van der Waals surface area (Å²) in [5.74, 6) is -0.787. The van der Waals surface area contributed by atoms with Gasteiger partial charge >= 0.3 is 5.97 Å². The zero-order chi connectivity index (χ0) is 12.4. The monoisotopic (exact) mass is 296 g/mol. The van der Waals surface area contributed by atoms with Crippen LogP contribution >= 0.6 is 15.9 Å². The predicted molar refractivity (Wildman–Crippen MR) is 64.4 cm³/mol. The van der Waals surface area contributed by atoms with Crippen molar-refractivity contribution in [3.8, 4) is 11.3 Å². The summed E-state index contributed by atoms with van der Waals surface area (Å²) >= 11 is 3.32. The molecular weight excluding hydrogens is 288 g/mol. The lowest BCUT2D eigenvalue weighted by Crippen LogP contribution is -2.09. The van der Waals surface area contributed by atoms with Crippen molar-refractivity contribution in [3.05, 3.63) is 46.6 Å². The Morgan fingerprint density at radius 1 is 1.18 bits per heavy atom. The first kappa shape index (κ1) is 11.9. The van der Waals surface area contributed by atoms with Crippen LogP contribution in [0.5, 0.6) is 0 Å². The van der Waals surface area contributed by atoms with E-state index < -0.39 is 12.1 Å². The molecular formula is C12H9BrO4. The first-order valence-corrected chi connectivity index (χ1v) is 5.64. The Balaban J connectivity index is 2.29. The molecule has 2 N–H and O–H groups in total. The first-order chi connectivity index (χ1) is 8.08. The van der Waals surface area contributed by atoms with Gasteiger partial charge in [0.15, 0.2) is 0 Å². The fourth-order valence-electron chi connectivity index (χ4n) is 1.39. The van der Waals surface area contributed by atoms with Crippen LogP contribution in [0, 0.1) is 0 Å². The van der Waals surface area contributed by atoms with Gasteiger partial charge in [-0.25, -0.2) is 4.79 Å². The molecule has 0 aliphatic heterocycles. The number of benzene rings is 1. The van der Waals surface area contributed by atoms with Crippen LogP contribution in [0.1, 0.15) is 11.9 Å². The predicted octanol–water partition coefficient (Wildman–Crippen LogP) is 2.83. The lowest BCUT2D eigenvalue weighted by molar-refractivity contribution is -0.147. The second-order valence-electron chi connectivity index (χ2n) is 3.45. The van der Waals surface area contributed by atoms with E-state index in [2.05, 4.69) is 15.9 Å². The third-order valence-electron chi connectivity index (χ3n) is 2.26. The van der Waals surface area contributed by atoms with Crippen LogP contribution in [0.3, 0.4) is 0 Å². The van der Waals surface area contributed by atoms with Crippen molar-refractivity contribution in [2.45, 2.75) is 6.10 Å². The lowest BCUT2D eigenvalue weighted by atomic mass is 10.2. The number of rotatable bonds is 3. The van der Waals surface area contributed by atoms with E-state index >= 15 is 0 Å². The molecule has 88 valence electrons. The third kappa shape index (κ3) is 2.57. The van der Waals surface area contributed by atoms with E-state index in [0.29, 0.717) is 5.76 Å². The number of furan rings is 1. The fourth-order valence-corrected chi connectivity index (χ4v) is 1.66. The molecule has 1 heterocycles.